The number of hydrogen-bond donors (Lipinski definition) is 2. The van der Waals surface area contributed by atoms with Crippen LogP contribution in [-0.4, -0.2) is 42.2 Å². The van der Waals surface area contributed by atoms with Gasteiger partial charge in [0, 0.05) is 0 Å². The molecule has 1 heterocycles. The molecule has 1 unspecified atom stereocenters. The molecular weight excluding hydrogens is 220 g/mol. The SMILES string of the molecule is CCN(CC)CC(=O)NC(CO)c1ccco1. The molecule has 0 aromatic carbocycles. The van der Waals surface area contributed by atoms with Crippen LogP contribution in [0, 0.1) is 0 Å². The molecule has 17 heavy (non-hydrogen) atoms. The molecule has 1 aromatic rings. The van der Waals surface area contributed by atoms with Crippen molar-refractivity contribution in [1.29, 1.82) is 0 Å². The molecule has 2 N–H and O–H groups in total. The number of carbonyl (C=O) groups excluding carboxylic acids is 1. The highest BCUT2D eigenvalue weighted by Crippen LogP contribution is 2.12. The number of aliphatic hydroxyl groups excluding tert-OH is 1. The second-order valence-corrected chi connectivity index (χ2v) is 3.78. The number of rotatable bonds is 7. The van der Waals surface area contributed by atoms with Crippen molar-refractivity contribution >= 4 is 5.91 Å². The molecule has 0 aliphatic heterocycles. The Morgan fingerprint density at radius 3 is 2.71 bits per heavy atom. The first-order valence-corrected chi connectivity index (χ1v) is 5.87. The summed E-state index contributed by atoms with van der Waals surface area (Å²) < 4.78 is 5.16. The smallest absolute Gasteiger partial charge is 0.234 e. The van der Waals surface area contributed by atoms with Gasteiger partial charge in [-0.1, -0.05) is 13.8 Å². The highest BCUT2D eigenvalue weighted by molar-refractivity contribution is 5.78. The zero-order chi connectivity index (χ0) is 12.7. The van der Waals surface area contributed by atoms with Gasteiger partial charge in [-0.15, -0.1) is 0 Å². The van der Waals surface area contributed by atoms with Crippen LogP contribution in [0.5, 0.6) is 0 Å². The van der Waals surface area contributed by atoms with Crippen molar-refractivity contribution in [3.05, 3.63) is 24.2 Å². The number of nitrogens with one attached hydrogen (secondary N) is 1. The molecule has 0 aliphatic carbocycles. The summed E-state index contributed by atoms with van der Waals surface area (Å²) in [6.45, 7) is 5.84. The molecule has 1 amide bonds. The van der Waals surface area contributed by atoms with Gasteiger partial charge in [0.1, 0.15) is 11.8 Å². The first-order chi connectivity index (χ1) is 8.21. The van der Waals surface area contributed by atoms with Crippen molar-refractivity contribution in [3.63, 3.8) is 0 Å². The monoisotopic (exact) mass is 240 g/mol. The number of aliphatic hydroxyl groups is 1. The van der Waals surface area contributed by atoms with E-state index >= 15 is 0 Å². The lowest BCUT2D eigenvalue weighted by atomic mass is 10.2. The van der Waals surface area contributed by atoms with Crippen LogP contribution in [0.4, 0.5) is 0 Å². The summed E-state index contributed by atoms with van der Waals surface area (Å²) in [5.74, 6) is 0.463. The van der Waals surface area contributed by atoms with Gasteiger partial charge in [0.05, 0.1) is 19.4 Å². The highest BCUT2D eigenvalue weighted by Gasteiger charge is 2.17. The normalized spacial score (nSPS) is 12.7. The van der Waals surface area contributed by atoms with Crippen molar-refractivity contribution in [2.75, 3.05) is 26.2 Å². The van der Waals surface area contributed by atoms with Crippen LogP contribution in [0.2, 0.25) is 0 Å². The third kappa shape index (κ3) is 4.20. The number of amides is 1. The summed E-state index contributed by atoms with van der Waals surface area (Å²) in [4.78, 5) is 13.7. The fourth-order valence-corrected chi connectivity index (χ4v) is 1.59. The Morgan fingerprint density at radius 1 is 1.53 bits per heavy atom. The van der Waals surface area contributed by atoms with Crippen molar-refractivity contribution in [2.45, 2.75) is 19.9 Å². The van der Waals surface area contributed by atoms with Crippen LogP contribution in [0.15, 0.2) is 22.8 Å². The zero-order valence-electron chi connectivity index (χ0n) is 10.3. The molecule has 0 radical (unpaired) electrons. The molecule has 96 valence electrons. The Hall–Kier alpha value is -1.33. The van der Waals surface area contributed by atoms with Gasteiger partial charge in [-0.3, -0.25) is 9.69 Å². The Balaban J connectivity index is 2.49. The molecule has 5 nitrogen and oxygen atoms in total. The fourth-order valence-electron chi connectivity index (χ4n) is 1.59. The van der Waals surface area contributed by atoms with Gasteiger partial charge in [-0.2, -0.15) is 0 Å². The Kier molecular flexibility index (Phi) is 5.72. The molecule has 0 aliphatic rings. The Labute approximate surface area is 101 Å². The maximum absolute atomic E-state index is 11.7. The van der Waals surface area contributed by atoms with Gasteiger partial charge in [0.2, 0.25) is 5.91 Å². The maximum atomic E-state index is 11.7. The molecule has 1 rings (SSSR count). The number of carbonyl (C=O) groups is 1. The first-order valence-electron chi connectivity index (χ1n) is 5.87. The molecule has 0 saturated carbocycles. The molecule has 0 spiro atoms. The van der Waals surface area contributed by atoms with Crippen LogP contribution in [0.25, 0.3) is 0 Å². The topological polar surface area (TPSA) is 65.7 Å². The average Bonchev–Trinajstić information content (AvgIpc) is 2.86. The van der Waals surface area contributed by atoms with Gasteiger partial charge < -0.3 is 14.8 Å². The van der Waals surface area contributed by atoms with Crippen LogP contribution < -0.4 is 5.32 Å². The van der Waals surface area contributed by atoms with Crippen LogP contribution in [0.1, 0.15) is 25.6 Å². The Morgan fingerprint density at radius 2 is 2.24 bits per heavy atom. The van der Waals surface area contributed by atoms with Gasteiger partial charge in [0.25, 0.3) is 0 Å². The van der Waals surface area contributed by atoms with E-state index in [4.69, 9.17) is 4.42 Å². The van der Waals surface area contributed by atoms with E-state index in [0.29, 0.717) is 12.3 Å². The van der Waals surface area contributed by atoms with E-state index in [2.05, 4.69) is 5.32 Å². The van der Waals surface area contributed by atoms with E-state index in [1.54, 1.807) is 12.1 Å². The van der Waals surface area contributed by atoms with Crippen LogP contribution >= 0.6 is 0 Å². The molecule has 0 bridgehead atoms. The van der Waals surface area contributed by atoms with Crippen molar-refractivity contribution in [2.24, 2.45) is 0 Å². The summed E-state index contributed by atoms with van der Waals surface area (Å²) in [5.41, 5.74) is 0. The second-order valence-electron chi connectivity index (χ2n) is 3.78. The van der Waals surface area contributed by atoms with E-state index in [1.165, 1.54) is 6.26 Å². The molecule has 1 aromatic heterocycles. The largest absolute Gasteiger partial charge is 0.467 e. The van der Waals surface area contributed by atoms with Crippen molar-refractivity contribution in [3.8, 4) is 0 Å². The summed E-state index contributed by atoms with van der Waals surface area (Å²) in [6, 6.07) is 3.00. The maximum Gasteiger partial charge on any atom is 0.234 e. The Bertz CT molecular complexity index is 321. The van der Waals surface area contributed by atoms with Crippen LogP contribution in [-0.2, 0) is 4.79 Å². The molecule has 0 saturated heterocycles. The summed E-state index contributed by atoms with van der Waals surface area (Å²) >= 11 is 0. The van der Waals surface area contributed by atoms with Crippen molar-refractivity contribution < 1.29 is 14.3 Å². The lowest BCUT2D eigenvalue weighted by Gasteiger charge is -2.19. The third-order valence-corrected chi connectivity index (χ3v) is 2.67. The van der Waals surface area contributed by atoms with Crippen LogP contribution in [0.3, 0.4) is 0 Å². The molecule has 1 atom stereocenters. The summed E-state index contributed by atoms with van der Waals surface area (Å²) in [5, 5.41) is 12.0. The van der Waals surface area contributed by atoms with Gasteiger partial charge in [-0.05, 0) is 25.2 Å². The number of nitrogens with zero attached hydrogens (tertiary/aromatic N) is 1. The van der Waals surface area contributed by atoms with Gasteiger partial charge in [0.15, 0.2) is 0 Å². The van der Waals surface area contributed by atoms with E-state index < -0.39 is 6.04 Å². The average molecular weight is 240 g/mol. The minimum absolute atomic E-state index is 0.107. The second kappa shape index (κ2) is 7.09. The molecule has 5 heteroatoms. The zero-order valence-corrected chi connectivity index (χ0v) is 10.3. The lowest BCUT2D eigenvalue weighted by Crippen LogP contribution is -2.39. The van der Waals surface area contributed by atoms with Gasteiger partial charge in [-0.25, -0.2) is 0 Å². The highest BCUT2D eigenvalue weighted by atomic mass is 16.3. The standard InChI is InChI=1S/C12H20N2O3/c1-3-14(4-2)8-12(16)13-10(9-15)11-6-5-7-17-11/h5-7,10,15H,3-4,8-9H2,1-2H3,(H,13,16). The predicted octanol–water partition coefficient (Wildman–Crippen LogP) is 0.771. The molecular formula is C12H20N2O3. The van der Waals surface area contributed by atoms with E-state index in [9.17, 15) is 9.90 Å². The number of hydrogen-bond acceptors (Lipinski definition) is 4. The fraction of sp³-hybridized carbons (Fsp3) is 0.583. The molecule has 0 fully saturated rings. The van der Waals surface area contributed by atoms with E-state index in [-0.39, 0.29) is 12.5 Å². The minimum atomic E-state index is -0.465. The van der Waals surface area contributed by atoms with Crippen molar-refractivity contribution in [1.82, 2.24) is 10.2 Å². The first kappa shape index (κ1) is 13.7. The van der Waals surface area contributed by atoms with E-state index in [1.807, 2.05) is 18.7 Å². The summed E-state index contributed by atoms with van der Waals surface area (Å²) in [6.07, 6.45) is 1.52. The quantitative estimate of drug-likeness (QED) is 0.739. The minimum Gasteiger partial charge on any atom is -0.467 e. The number of likely N-dealkylation sites (N-methyl/N-ethyl adjacent to an activating group) is 1. The predicted molar refractivity (Wildman–Crippen MR) is 64.5 cm³/mol. The lowest BCUT2D eigenvalue weighted by molar-refractivity contribution is -0.123. The third-order valence-electron chi connectivity index (χ3n) is 2.67. The van der Waals surface area contributed by atoms with Gasteiger partial charge >= 0.3 is 0 Å². The van der Waals surface area contributed by atoms with E-state index in [0.717, 1.165) is 13.1 Å². The summed E-state index contributed by atoms with van der Waals surface area (Å²) in [7, 11) is 0. The number of furan rings is 1.